The van der Waals surface area contributed by atoms with Crippen LogP contribution in [0.2, 0.25) is 0 Å². The van der Waals surface area contributed by atoms with E-state index in [1.165, 1.54) is 24.3 Å². The van der Waals surface area contributed by atoms with E-state index in [-0.39, 0.29) is 23.3 Å². The summed E-state index contributed by atoms with van der Waals surface area (Å²) in [7, 11) is 0. The molecule has 37 heavy (non-hydrogen) atoms. The van der Waals surface area contributed by atoms with Gasteiger partial charge in [-0.15, -0.1) is 0 Å². The number of nitrogens with zero attached hydrogens (tertiary/aromatic N) is 2. The number of hydrogen-bond donors (Lipinski definition) is 4. The maximum absolute atomic E-state index is 13.7. The first-order valence-electron chi connectivity index (χ1n) is 12.0. The Bertz CT molecular complexity index is 1160. The molecule has 2 atom stereocenters. The molecule has 12 heteroatoms. The topological polar surface area (TPSA) is 72.8 Å². The fraction of sp³-hybridized carbons (Fsp3) is 0.440. The van der Waals surface area contributed by atoms with Crippen LogP contribution in [-0.2, 0) is 18.8 Å². The first-order valence-corrected chi connectivity index (χ1v) is 12.0. The van der Waals surface area contributed by atoms with Crippen LogP contribution in [0, 0.1) is 5.92 Å². The molecule has 2 aliphatic heterocycles. The third-order valence-corrected chi connectivity index (χ3v) is 6.43. The normalized spacial score (nSPS) is 18.7. The molecule has 0 bridgehead atoms. The maximum Gasteiger partial charge on any atom is 0.418 e. The summed E-state index contributed by atoms with van der Waals surface area (Å²) >= 11 is 0. The van der Waals surface area contributed by atoms with Crippen molar-refractivity contribution in [3.8, 4) is 0 Å². The summed E-state index contributed by atoms with van der Waals surface area (Å²) in [6.45, 7) is 2.55. The molecule has 4 rings (SSSR count). The van der Waals surface area contributed by atoms with Crippen LogP contribution in [0.1, 0.15) is 49.3 Å². The van der Waals surface area contributed by atoms with Crippen LogP contribution in [-0.4, -0.2) is 24.3 Å². The molecule has 0 saturated heterocycles. The molecule has 1 unspecified atom stereocenters. The Morgan fingerprint density at radius 1 is 0.838 bits per heavy atom. The van der Waals surface area contributed by atoms with E-state index in [2.05, 4.69) is 31.7 Å². The third kappa shape index (κ3) is 6.66. The Hall–Kier alpha value is -3.44. The zero-order valence-electron chi connectivity index (χ0n) is 20.1. The van der Waals surface area contributed by atoms with Gasteiger partial charge in [-0.2, -0.15) is 26.3 Å². The molecule has 4 N–H and O–H groups in total. The molecule has 0 spiro atoms. The molecule has 0 aliphatic carbocycles. The summed E-state index contributed by atoms with van der Waals surface area (Å²) in [4.78, 5) is 8.82. The fourth-order valence-corrected chi connectivity index (χ4v) is 4.51. The van der Waals surface area contributed by atoms with Gasteiger partial charge in [-0.3, -0.25) is 31.7 Å². The predicted molar refractivity (Wildman–Crippen MR) is 131 cm³/mol. The van der Waals surface area contributed by atoms with Gasteiger partial charge < -0.3 is 0 Å². The predicted octanol–water partition coefficient (Wildman–Crippen LogP) is 6.19. The number of halogens is 6. The lowest BCUT2D eigenvalue weighted by Gasteiger charge is -2.22. The highest BCUT2D eigenvalue weighted by atomic mass is 19.4. The molecular weight excluding hydrogens is 498 g/mol. The van der Waals surface area contributed by atoms with Gasteiger partial charge in [0.1, 0.15) is 11.7 Å². The Kier molecular flexibility index (Phi) is 7.84. The number of alkyl halides is 6. The number of rotatable bonds is 7. The molecule has 0 saturated carbocycles. The molecular formula is C25H28F6N6. The number of hydrogen-bond acceptors (Lipinski definition) is 6. The highest BCUT2D eigenvalue weighted by Crippen LogP contribution is 2.38. The van der Waals surface area contributed by atoms with Gasteiger partial charge in [0.15, 0.2) is 0 Å². The highest BCUT2D eigenvalue weighted by molar-refractivity contribution is 5.85. The number of hydrazine groups is 2. The Labute approximate surface area is 210 Å². The van der Waals surface area contributed by atoms with Crippen LogP contribution in [0.25, 0.3) is 0 Å². The van der Waals surface area contributed by atoms with Crippen molar-refractivity contribution in [2.45, 2.75) is 57.4 Å². The quantitative estimate of drug-likeness (QED) is 0.257. The third-order valence-electron chi connectivity index (χ3n) is 6.43. The standard InChI is InChI=1S/C25H28F6N6/c1-15(19-11-12-22(33-19)36-34-20-9-3-2-7-17(20)24(26,27)28)14-16-6-4-8-18(25(29,30)31)23(16)37-35-21-10-5-13-32-21/h2-4,6-9,15,19,34,37H,5,10-14H2,1H3,(H,32,35)(H,33,36)/t15-,19?/m1/s1. The molecule has 0 radical (unpaired) electrons. The van der Waals surface area contributed by atoms with Gasteiger partial charge in [-0.1, -0.05) is 31.2 Å². The lowest BCUT2D eigenvalue weighted by atomic mass is 9.91. The summed E-state index contributed by atoms with van der Waals surface area (Å²) in [5, 5.41) is 0. The number of aliphatic imine (C=N–C) groups is 2. The SMILES string of the molecule is C[C@H](Cc1cccc(C(F)(F)F)c1NNC1=NCCC1)C1CCC(NNc2ccccc2C(F)(F)F)=N1. The van der Waals surface area contributed by atoms with Crippen LogP contribution in [0.3, 0.4) is 0 Å². The summed E-state index contributed by atoms with van der Waals surface area (Å²) in [6, 6.07) is 8.99. The number of anilines is 2. The van der Waals surface area contributed by atoms with Gasteiger partial charge in [0, 0.05) is 19.4 Å². The van der Waals surface area contributed by atoms with E-state index in [4.69, 9.17) is 0 Å². The largest absolute Gasteiger partial charge is 0.418 e. The van der Waals surface area contributed by atoms with Crippen LogP contribution in [0.5, 0.6) is 0 Å². The van der Waals surface area contributed by atoms with E-state index < -0.39 is 23.5 Å². The van der Waals surface area contributed by atoms with Crippen LogP contribution < -0.4 is 21.7 Å². The lowest BCUT2D eigenvalue weighted by molar-refractivity contribution is -0.137. The second kappa shape index (κ2) is 10.9. The smallest absolute Gasteiger partial charge is 0.299 e. The highest BCUT2D eigenvalue weighted by Gasteiger charge is 2.36. The summed E-state index contributed by atoms with van der Waals surface area (Å²) in [5.41, 5.74) is 9.68. The van der Waals surface area contributed by atoms with Gasteiger partial charge in [0.05, 0.1) is 28.5 Å². The summed E-state index contributed by atoms with van der Waals surface area (Å²) in [5.74, 6) is 0.999. The molecule has 2 aromatic carbocycles. The van der Waals surface area contributed by atoms with E-state index >= 15 is 0 Å². The van der Waals surface area contributed by atoms with Crippen molar-refractivity contribution >= 4 is 23.0 Å². The Balaban J connectivity index is 1.44. The second-order valence-electron chi connectivity index (χ2n) is 9.18. The molecule has 2 aliphatic rings. The van der Waals surface area contributed by atoms with Crippen molar-refractivity contribution in [2.75, 3.05) is 17.4 Å². The lowest BCUT2D eigenvalue weighted by Crippen LogP contribution is -2.30. The average Bonchev–Trinajstić information content (AvgIpc) is 3.53. The molecule has 200 valence electrons. The van der Waals surface area contributed by atoms with Crippen molar-refractivity contribution in [1.29, 1.82) is 0 Å². The number of para-hydroxylation sites is 2. The average molecular weight is 527 g/mol. The van der Waals surface area contributed by atoms with Crippen molar-refractivity contribution in [3.63, 3.8) is 0 Å². The molecule has 6 nitrogen and oxygen atoms in total. The second-order valence-corrected chi connectivity index (χ2v) is 9.18. The number of nitrogens with one attached hydrogen (secondary N) is 4. The van der Waals surface area contributed by atoms with Crippen LogP contribution >= 0.6 is 0 Å². The zero-order valence-corrected chi connectivity index (χ0v) is 20.1. The summed E-state index contributed by atoms with van der Waals surface area (Å²) < 4.78 is 80.9. The van der Waals surface area contributed by atoms with Gasteiger partial charge in [0.2, 0.25) is 0 Å². The van der Waals surface area contributed by atoms with E-state index in [1.54, 1.807) is 6.07 Å². The van der Waals surface area contributed by atoms with Crippen molar-refractivity contribution < 1.29 is 26.3 Å². The van der Waals surface area contributed by atoms with E-state index in [9.17, 15) is 26.3 Å². The minimum Gasteiger partial charge on any atom is -0.299 e. The van der Waals surface area contributed by atoms with Gasteiger partial charge >= 0.3 is 12.4 Å². The Morgan fingerprint density at radius 2 is 1.54 bits per heavy atom. The molecule has 0 amide bonds. The minimum absolute atomic E-state index is 0.0396. The monoisotopic (exact) mass is 526 g/mol. The van der Waals surface area contributed by atoms with Gasteiger partial charge in [-0.05, 0) is 48.9 Å². The number of benzene rings is 2. The molecule has 2 aromatic rings. The van der Waals surface area contributed by atoms with Gasteiger partial charge in [-0.25, -0.2) is 0 Å². The van der Waals surface area contributed by atoms with Crippen molar-refractivity contribution in [3.05, 3.63) is 59.2 Å². The number of amidine groups is 2. The molecule has 0 fully saturated rings. The molecule has 0 aromatic heterocycles. The van der Waals surface area contributed by atoms with Crippen molar-refractivity contribution in [2.24, 2.45) is 15.9 Å². The first-order chi connectivity index (χ1) is 17.5. The fourth-order valence-electron chi connectivity index (χ4n) is 4.51. The summed E-state index contributed by atoms with van der Waals surface area (Å²) in [6.07, 6.45) is -6.07. The Morgan fingerprint density at radius 3 is 2.24 bits per heavy atom. The van der Waals surface area contributed by atoms with E-state index in [1.807, 2.05) is 6.92 Å². The minimum atomic E-state index is -4.54. The van der Waals surface area contributed by atoms with E-state index in [0.717, 1.165) is 18.6 Å². The van der Waals surface area contributed by atoms with Crippen LogP contribution in [0.4, 0.5) is 37.7 Å². The zero-order chi connectivity index (χ0) is 26.6. The van der Waals surface area contributed by atoms with Gasteiger partial charge in [0.25, 0.3) is 0 Å². The first kappa shape index (κ1) is 26.6. The van der Waals surface area contributed by atoms with E-state index in [0.29, 0.717) is 49.5 Å². The maximum atomic E-state index is 13.7. The van der Waals surface area contributed by atoms with Crippen LogP contribution in [0.15, 0.2) is 52.4 Å². The van der Waals surface area contributed by atoms with Crippen molar-refractivity contribution in [1.82, 2.24) is 10.9 Å². The molecule has 2 heterocycles.